The van der Waals surface area contributed by atoms with Crippen molar-refractivity contribution in [3.05, 3.63) is 47.7 Å². The molecule has 0 radical (unpaired) electrons. The minimum absolute atomic E-state index is 0.134. The highest BCUT2D eigenvalue weighted by atomic mass is 32.2. The van der Waals surface area contributed by atoms with Gasteiger partial charge in [-0.2, -0.15) is 0 Å². The van der Waals surface area contributed by atoms with Crippen molar-refractivity contribution in [3.63, 3.8) is 0 Å². The van der Waals surface area contributed by atoms with E-state index in [2.05, 4.69) is 20.3 Å². The van der Waals surface area contributed by atoms with Crippen LogP contribution in [0.1, 0.15) is 35.8 Å². The third-order valence-electron chi connectivity index (χ3n) is 4.14. The Kier molecular flexibility index (Phi) is 5.59. The molecule has 0 atom stereocenters. The van der Waals surface area contributed by atoms with Gasteiger partial charge in [0.1, 0.15) is 11.5 Å². The lowest BCUT2D eigenvalue weighted by Crippen LogP contribution is -2.17. The second kappa shape index (κ2) is 7.91. The first-order valence-corrected chi connectivity index (χ1v) is 9.65. The van der Waals surface area contributed by atoms with E-state index in [-0.39, 0.29) is 11.5 Å². The number of aromatic nitrogens is 2. The number of nitrogens with zero attached hydrogens (tertiary/aromatic N) is 3. The number of nitrogens with two attached hydrogens (primary N) is 1. The molecule has 7 nitrogen and oxygen atoms in total. The van der Waals surface area contributed by atoms with Crippen molar-refractivity contribution in [2.75, 3.05) is 18.2 Å². The van der Waals surface area contributed by atoms with E-state index in [4.69, 9.17) is 10.5 Å². The van der Waals surface area contributed by atoms with Gasteiger partial charge in [0.15, 0.2) is 5.17 Å². The van der Waals surface area contributed by atoms with Crippen LogP contribution in [-0.2, 0) is 5.54 Å². The Morgan fingerprint density at radius 3 is 2.78 bits per heavy atom. The molecular formula is C18H20FN5O2S. The summed E-state index contributed by atoms with van der Waals surface area (Å²) in [6, 6.07) is 4.41. The van der Waals surface area contributed by atoms with E-state index in [1.807, 2.05) is 13.2 Å². The highest BCUT2D eigenvalue weighted by molar-refractivity contribution is 8.13. The van der Waals surface area contributed by atoms with Gasteiger partial charge in [-0.05, 0) is 44.2 Å². The standard InChI is InChI=1S/C18H20FN5O2S/c1-3-26-15-10-21-14(9-22-15)16(25)23-11-4-5-13(19)12(8-11)18(6-7-18)24-17(20)27-2/h4-5,8-10H,3,6-7H2,1-2H3,(H2,20,24)(H,23,25). The van der Waals surface area contributed by atoms with Crippen molar-refractivity contribution in [3.8, 4) is 5.88 Å². The monoisotopic (exact) mass is 389 g/mol. The third-order valence-corrected chi connectivity index (χ3v) is 4.65. The Balaban J connectivity index is 1.79. The molecule has 0 aliphatic heterocycles. The van der Waals surface area contributed by atoms with Crippen molar-refractivity contribution < 1.29 is 13.9 Å². The van der Waals surface area contributed by atoms with E-state index >= 15 is 0 Å². The largest absolute Gasteiger partial charge is 0.477 e. The number of hydrogen-bond acceptors (Lipinski definition) is 6. The minimum Gasteiger partial charge on any atom is -0.477 e. The first-order chi connectivity index (χ1) is 13.0. The molecule has 1 aromatic heterocycles. The molecule has 3 N–H and O–H groups in total. The molecular weight excluding hydrogens is 369 g/mol. The predicted octanol–water partition coefficient (Wildman–Crippen LogP) is 2.93. The topological polar surface area (TPSA) is 102 Å². The molecule has 0 bridgehead atoms. The van der Waals surface area contributed by atoms with Crippen LogP contribution in [0.15, 0.2) is 35.6 Å². The van der Waals surface area contributed by atoms with Crippen molar-refractivity contribution in [2.45, 2.75) is 25.3 Å². The van der Waals surface area contributed by atoms with Crippen LogP contribution in [0.25, 0.3) is 0 Å². The first kappa shape index (κ1) is 19.1. The summed E-state index contributed by atoms with van der Waals surface area (Å²) < 4.78 is 19.6. The van der Waals surface area contributed by atoms with E-state index in [9.17, 15) is 9.18 Å². The summed E-state index contributed by atoms with van der Waals surface area (Å²) in [6.07, 6.45) is 5.96. The number of halogens is 1. The van der Waals surface area contributed by atoms with Crippen LogP contribution in [0, 0.1) is 5.82 Å². The van der Waals surface area contributed by atoms with Gasteiger partial charge in [0.2, 0.25) is 5.88 Å². The third kappa shape index (κ3) is 4.36. The van der Waals surface area contributed by atoms with Gasteiger partial charge in [-0.3, -0.25) is 9.79 Å². The second-order valence-electron chi connectivity index (χ2n) is 6.01. The van der Waals surface area contributed by atoms with E-state index in [0.717, 1.165) is 0 Å². The fourth-order valence-corrected chi connectivity index (χ4v) is 2.89. The molecule has 27 heavy (non-hydrogen) atoms. The molecule has 1 saturated carbocycles. The Labute approximate surface area is 160 Å². The number of nitrogens with one attached hydrogen (secondary N) is 1. The van der Waals surface area contributed by atoms with E-state index in [0.29, 0.717) is 41.7 Å². The molecule has 142 valence electrons. The zero-order valence-corrected chi connectivity index (χ0v) is 15.8. The quantitative estimate of drug-likeness (QED) is 0.582. The number of carbonyl (C=O) groups is 1. The van der Waals surface area contributed by atoms with Gasteiger partial charge in [-0.1, -0.05) is 11.8 Å². The van der Waals surface area contributed by atoms with Crippen LogP contribution in [0.5, 0.6) is 5.88 Å². The Morgan fingerprint density at radius 1 is 1.41 bits per heavy atom. The summed E-state index contributed by atoms with van der Waals surface area (Å²) in [7, 11) is 0. The SMILES string of the molecule is CCOc1cnc(C(=O)Nc2ccc(F)c(C3(N=C(N)SC)CC3)c2)cn1. The number of aliphatic imine (C=N–C) groups is 1. The summed E-state index contributed by atoms with van der Waals surface area (Å²) >= 11 is 1.32. The molecule has 1 fully saturated rings. The molecule has 1 heterocycles. The van der Waals surface area contributed by atoms with Crippen molar-refractivity contribution in [1.29, 1.82) is 0 Å². The molecule has 0 saturated heterocycles. The molecule has 1 aliphatic carbocycles. The average Bonchev–Trinajstić information content (AvgIpc) is 3.44. The highest BCUT2D eigenvalue weighted by Gasteiger charge is 2.46. The first-order valence-electron chi connectivity index (χ1n) is 8.43. The van der Waals surface area contributed by atoms with Crippen molar-refractivity contribution >= 4 is 28.5 Å². The summed E-state index contributed by atoms with van der Waals surface area (Å²) in [4.78, 5) is 24.9. The van der Waals surface area contributed by atoms with Gasteiger partial charge in [0, 0.05) is 11.3 Å². The van der Waals surface area contributed by atoms with Crippen LogP contribution >= 0.6 is 11.8 Å². The van der Waals surface area contributed by atoms with Crippen LogP contribution in [0.3, 0.4) is 0 Å². The van der Waals surface area contributed by atoms with Gasteiger partial charge in [0.05, 0.1) is 24.5 Å². The van der Waals surface area contributed by atoms with Crippen LogP contribution in [0.2, 0.25) is 0 Å². The predicted molar refractivity (Wildman–Crippen MR) is 104 cm³/mol. The fraction of sp³-hybridized carbons (Fsp3) is 0.333. The fourth-order valence-electron chi connectivity index (χ4n) is 2.63. The number of hydrogen-bond donors (Lipinski definition) is 2. The smallest absolute Gasteiger partial charge is 0.275 e. The molecule has 0 unspecified atom stereocenters. The van der Waals surface area contributed by atoms with Gasteiger partial charge in [-0.15, -0.1) is 0 Å². The molecule has 2 aromatic rings. The molecule has 1 aliphatic rings. The number of amidine groups is 1. The zero-order chi connectivity index (χ0) is 19.4. The molecule has 1 aromatic carbocycles. The number of benzene rings is 1. The number of rotatable bonds is 6. The number of carbonyl (C=O) groups excluding carboxylic acids is 1. The van der Waals surface area contributed by atoms with E-state index in [1.165, 1.54) is 36.3 Å². The van der Waals surface area contributed by atoms with Gasteiger partial charge in [-0.25, -0.2) is 14.4 Å². The minimum atomic E-state index is -0.642. The number of ether oxygens (including phenoxy) is 1. The zero-order valence-electron chi connectivity index (χ0n) is 15.0. The summed E-state index contributed by atoms with van der Waals surface area (Å²) in [5.74, 6) is -0.470. The van der Waals surface area contributed by atoms with Crippen LogP contribution < -0.4 is 15.8 Å². The molecule has 9 heteroatoms. The number of amides is 1. The van der Waals surface area contributed by atoms with Crippen LogP contribution in [-0.4, -0.2) is 33.9 Å². The molecule has 1 amide bonds. The van der Waals surface area contributed by atoms with E-state index in [1.54, 1.807) is 6.07 Å². The van der Waals surface area contributed by atoms with Gasteiger partial charge >= 0.3 is 0 Å². The summed E-state index contributed by atoms with van der Waals surface area (Å²) in [6.45, 7) is 2.29. The van der Waals surface area contributed by atoms with Gasteiger partial charge in [0.25, 0.3) is 5.91 Å². The maximum atomic E-state index is 14.4. The van der Waals surface area contributed by atoms with Crippen molar-refractivity contribution in [2.24, 2.45) is 10.7 Å². The lowest BCUT2D eigenvalue weighted by atomic mass is 10.0. The molecule has 3 rings (SSSR count). The summed E-state index contributed by atoms with van der Waals surface area (Å²) in [5, 5.41) is 3.12. The lowest BCUT2D eigenvalue weighted by molar-refractivity contribution is 0.102. The number of anilines is 1. The summed E-state index contributed by atoms with van der Waals surface area (Å²) in [5.41, 5.74) is 6.18. The van der Waals surface area contributed by atoms with E-state index < -0.39 is 11.4 Å². The Bertz CT molecular complexity index is 869. The Hall–Kier alpha value is -2.68. The Morgan fingerprint density at radius 2 is 2.19 bits per heavy atom. The number of thioether (sulfide) groups is 1. The maximum absolute atomic E-state index is 14.4. The second-order valence-corrected chi connectivity index (χ2v) is 6.83. The highest BCUT2D eigenvalue weighted by Crippen LogP contribution is 2.51. The van der Waals surface area contributed by atoms with Crippen LogP contribution in [0.4, 0.5) is 10.1 Å². The van der Waals surface area contributed by atoms with Crippen molar-refractivity contribution in [1.82, 2.24) is 9.97 Å². The average molecular weight is 389 g/mol. The van der Waals surface area contributed by atoms with Gasteiger partial charge < -0.3 is 15.8 Å². The lowest BCUT2D eigenvalue weighted by Gasteiger charge is -2.15. The molecule has 0 spiro atoms. The maximum Gasteiger partial charge on any atom is 0.275 e. The normalized spacial score (nSPS) is 15.3.